The largest absolute Gasteiger partial charge is 0.466 e. The molecule has 8 unspecified atom stereocenters. The lowest BCUT2D eigenvalue weighted by Gasteiger charge is -2.60. The molecule has 0 aromatic rings. The van der Waals surface area contributed by atoms with E-state index in [-0.39, 0.29) is 28.9 Å². The molecule has 1 aliphatic heterocycles. The van der Waals surface area contributed by atoms with Gasteiger partial charge in [-0.25, -0.2) is 4.79 Å². The molecule has 0 amide bonds. The zero-order valence-corrected chi connectivity index (χ0v) is 23.8. The quantitative estimate of drug-likeness (QED) is 0.281. The maximum Gasteiger partial charge on any atom is 0.333 e. The normalized spacial score (nSPS) is 44.0. The monoisotopic (exact) mass is 496 g/mol. The van der Waals surface area contributed by atoms with Crippen LogP contribution in [-0.2, 0) is 19.1 Å². The zero-order valence-electron chi connectivity index (χ0n) is 23.8. The molecule has 1 heterocycles. The molecule has 0 aromatic heterocycles. The fraction of sp³-hybridized carbons (Fsp3) is 0.812. The molecule has 8 atom stereocenters. The van der Waals surface area contributed by atoms with E-state index < -0.39 is 0 Å². The summed E-state index contributed by atoms with van der Waals surface area (Å²) in [5, 5.41) is 0. The number of rotatable bonds is 6. The molecule has 4 saturated carbocycles. The third-order valence-electron chi connectivity index (χ3n) is 12.5. The van der Waals surface area contributed by atoms with Crippen LogP contribution in [0.4, 0.5) is 0 Å². The molecule has 4 nitrogen and oxygen atoms in total. The van der Waals surface area contributed by atoms with E-state index >= 15 is 0 Å². The van der Waals surface area contributed by atoms with Crippen molar-refractivity contribution in [3.63, 3.8) is 0 Å². The molecule has 4 aliphatic carbocycles. The Morgan fingerprint density at radius 1 is 1.17 bits per heavy atom. The Labute approximate surface area is 218 Å². The summed E-state index contributed by atoms with van der Waals surface area (Å²) < 4.78 is 11.3. The lowest BCUT2D eigenvalue weighted by Crippen LogP contribution is -2.54. The number of cyclic esters (lactones) is 1. The number of allylic oxidation sites excluding steroid dienone is 2. The van der Waals surface area contributed by atoms with Gasteiger partial charge in [0.1, 0.15) is 6.10 Å². The van der Waals surface area contributed by atoms with Crippen LogP contribution in [0.3, 0.4) is 0 Å². The molecule has 36 heavy (non-hydrogen) atoms. The first-order valence-electron chi connectivity index (χ1n) is 14.7. The molecule has 0 bridgehead atoms. The van der Waals surface area contributed by atoms with Crippen molar-refractivity contribution in [2.24, 2.45) is 39.4 Å². The average molecular weight is 497 g/mol. The number of hydrogen-bond donors (Lipinski definition) is 0. The van der Waals surface area contributed by atoms with E-state index in [1.165, 1.54) is 50.5 Å². The summed E-state index contributed by atoms with van der Waals surface area (Å²) >= 11 is 0. The maximum atomic E-state index is 12.4. The summed E-state index contributed by atoms with van der Waals surface area (Å²) in [5.74, 6) is 1.52. The second-order valence-electron chi connectivity index (χ2n) is 13.7. The van der Waals surface area contributed by atoms with Gasteiger partial charge in [-0.05, 0) is 118 Å². The number of carbonyl (C=O) groups is 2. The van der Waals surface area contributed by atoms with E-state index in [1.807, 2.05) is 13.8 Å². The van der Waals surface area contributed by atoms with Crippen molar-refractivity contribution >= 4 is 11.9 Å². The van der Waals surface area contributed by atoms with Crippen molar-refractivity contribution < 1.29 is 19.1 Å². The Bertz CT molecular complexity index is 1000. The number of fused-ring (bicyclic) bond motifs is 2. The van der Waals surface area contributed by atoms with E-state index in [2.05, 4.69) is 40.7 Å². The Kier molecular flexibility index (Phi) is 6.32. The smallest absolute Gasteiger partial charge is 0.333 e. The fourth-order valence-corrected chi connectivity index (χ4v) is 10.4. The van der Waals surface area contributed by atoms with Crippen LogP contribution in [-0.4, -0.2) is 24.6 Å². The van der Waals surface area contributed by atoms with Gasteiger partial charge in [-0.15, -0.1) is 0 Å². The summed E-state index contributed by atoms with van der Waals surface area (Å²) in [6, 6.07) is 0. The van der Waals surface area contributed by atoms with Gasteiger partial charge in [-0.1, -0.05) is 38.0 Å². The second-order valence-corrected chi connectivity index (χ2v) is 13.7. The summed E-state index contributed by atoms with van der Waals surface area (Å²) in [6.45, 7) is 16.4. The number of hydrogen-bond acceptors (Lipinski definition) is 4. The summed E-state index contributed by atoms with van der Waals surface area (Å²) in [6.07, 6.45) is 13.2. The first-order valence-corrected chi connectivity index (χ1v) is 14.7. The molecule has 0 saturated heterocycles. The van der Waals surface area contributed by atoms with Crippen molar-refractivity contribution in [2.45, 2.75) is 119 Å². The van der Waals surface area contributed by atoms with Crippen LogP contribution in [0.1, 0.15) is 113 Å². The van der Waals surface area contributed by atoms with Crippen LogP contribution in [0.15, 0.2) is 22.8 Å². The van der Waals surface area contributed by atoms with Gasteiger partial charge in [0.2, 0.25) is 0 Å². The minimum Gasteiger partial charge on any atom is -0.466 e. The van der Waals surface area contributed by atoms with Gasteiger partial charge in [0.05, 0.1) is 6.61 Å². The van der Waals surface area contributed by atoms with E-state index in [4.69, 9.17) is 9.47 Å². The molecule has 5 rings (SSSR count). The van der Waals surface area contributed by atoms with Crippen molar-refractivity contribution in [2.75, 3.05) is 6.61 Å². The summed E-state index contributed by atoms with van der Waals surface area (Å²) in [7, 11) is 0. The van der Waals surface area contributed by atoms with Gasteiger partial charge in [0.25, 0.3) is 0 Å². The van der Waals surface area contributed by atoms with Gasteiger partial charge in [0.15, 0.2) is 0 Å². The molecule has 5 aliphatic rings. The van der Waals surface area contributed by atoms with E-state index in [0.29, 0.717) is 41.6 Å². The van der Waals surface area contributed by atoms with E-state index in [9.17, 15) is 9.59 Å². The minimum absolute atomic E-state index is 0.00879. The molecule has 200 valence electrons. The van der Waals surface area contributed by atoms with Crippen LogP contribution in [0, 0.1) is 39.4 Å². The van der Waals surface area contributed by atoms with Crippen LogP contribution >= 0.6 is 0 Å². The van der Waals surface area contributed by atoms with E-state index in [0.717, 1.165) is 18.4 Å². The predicted octanol–water partition coefficient (Wildman–Crippen LogP) is 7.57. The van der Waals surface area contributed by atoms with Gasteiger partial charge in [-0.2, -0.15) is 0 Å². The third kappa shape index (κ3) is 3.44. The highest BCUT2D eigenvalue weighted by molar-refractivity contribution is 5.88. The molecular formula is C32H48O4. The third-order valence-corrected chi connectivity index (χ3v) is 12.5. The molecular weight excluding hydrogens is 448 g/mol. The van der Waals surface area contributed by atoms with Crippen LogP contribution in [0.5, 0.6) is 0 Å². The SMILES string of the molecule is CCOC(=O)CCC12CC13CCC1(C)C(C(C)C4CC=C(C)C(=O)O4)CCC1(C)C3CCC2=C(C)C. The van der Waals surface area contributed by atoms with Crippen molar-refractivity contribution in [1.29, 1.82) is 0 Å². The van der Waals surface area contributed by atoms with Gasteiger partial charge >= 0.3 is 11.9 Å². The highest BCUT2D eigenvalue weighted by Crippen LogP contribution is 2.87. The molecule has 1 spiro atoms. The number of ether oxygens (including phenoxy) is 2. The Morgan fingerprint density at radius 2 is 1.92 bits per heavy atom. The number of esters is 2. The zero-order chi connectivity index (χ0) is 26.1. The second kappa shape index (κ2) is 8.73. The highest BCUT2D eigenvalue weighted by atomic mass is 16.5. The highest BCUT2D eigenvalue weighted by Gasteiger charge is 2.79. The first-order chi connectivity index (χ1) is 17.0. The number of carbonyl (C=O) groups excluding carboxylic acids is 2. The average Bonchev–Trinajstić information content (AvgIpc) is 3.42. The lowest BCUT2D eigenvalue weighted by atomic mass is 9.44. The standard InChI is InChI=1S/C32H48O4/c1-8-35-27(33)14-16-31-19-32(31)18-17-29(6)24(22(5)25-11-9-21(4)28(34)36-25)13-15-30(29,7)26(32)12-10-23(31)20(2)3/h9,22,24-26H,8,10-19H2,1-7H3. The summed E-state index contributed by atoms with van der Waals surface area (Å²) in [4.78, 5) is 24.7. The Balaban J connectivity index is 1.42. The van der Waals surface area contributed by atoms with Gasteiger partial charge in [0, 0.05) is 18.4 Å². The van der Waals surface area contributed by atoms with Crippen molar-refractivity contribution in [3.05, 3.63) is 22.8 Å². The maximum absolute atomic E-state index is 12.4. The lowest BCUT2D eigenvalue weighted by molar-refractivity contribution is -0.153. The summed E-state index contributed by atoms with van der Waals surface area (Å²) in [5.41, 5.74) is 5.02. The van der Waals surface area contributed by atoms with Crippen molar-refractivity contribution in [3.8, 4) is 0 Å². The fourth-order valence-electron chi connectivity index (χ4n) is 10.4. The van der Waals surface area contributed by atoms with Crippen LogP contribution < -0.4 is 0 Å². The predicted molar refractivity (Wildman–Crippen MR) is 142 cm³/mol. The first kappa shape index (κ1) is 26.0. The molecule has 0 N–H and O–H groups in total. The van der Waals surface area contributed by atoms with Crippen molar-refractivity contribution in [1.82, 2.24) is 0 Å². The van der Waals surface area contributed by atoms with Gasteiger partial charge < -0.3 is 9.47 Å². The topological polar surface area (TPSA) is 52.6 Å². The van der Waals surface area contributed by atoms with Gasteiger partial charge in [-0.3, -0.25) is 4.79 Å². The molecule has 0 aromatic carbocycles. The Hall–Kier alpha value is -1.58. The van der Waals surface area contributed by atoms with Crippen LogP contribution in [0.25, 0.3) is 0 Å². The molecule has 4 heteroatoms. The Morgan fingerprint density at radius 3 is 2.58 bits per heavy atom. The minimum atomic E-state index is -0.127. The molecule has 0 radical (unpaired) electrons. The molecule has 4 fully saturated rings. The van der Waals surface area contributed by atoms with E-state index in [1.54, 1.807) is 5.57 Å². The van der Waals surface area contributed by atoms with Crippen LogP contribution in [0.2, 0.25) is 0 Å².